The van der Waals surface area contributed by atoms with Crippen LogP contribution in [0.4, 0.5) is 0 Å². The lowest BCUT2D eigenvalue weighted by Crippen LogP contribution is -2.58. The fraction of sp³-hybridized carbons (Fsp3) is 0.200. The molecular weight excluding hydrogens is 629 g/mol. The number of ketones is 1. The van der Waals surface area contributed by atoms with E-state index in [1.165, 1.54) is 0 Å². The zero-order valence-corrected chi connectivity index (χ0v) is 27.5. The Morgan fingerprint density at radius 3 is 1.83 bits per heavy atom. The normalized spacial score (nSPS) is 23.8. The highest BCUT2D eigenvalue weighted by Gasteiger charge is 2.64. The zero-order valence-electron chi connectivity index (χ0n) is 25.9. The summed E-state index contributed by atoms with van der Waals surface area (Å²) in [5, 5.41) is 25.5. The SMILES string of the molecule is COc1ccc([C@@H]2C[C@](O)(c3ccccc3)[C@@H](C(=O)c3ccccc3)[C@H](c3ccc(OC)cc3)[C@@]2(C#N)c2ccc(Cl)c(Cl)c2)cc1. The van der Waals surface area contributed by atoms with E-state index < -0.39 is 28.8 Å². The van der Waals surface area contributed by atoms with Gasteiger partial charge in [-0.2, -0.15) is 5.26 Å². The first-order valence-electron chi connectivity index (χ1n) is 15.3. The third-order valence-corrected chi connectivity index (χ3v) is 10.3. The van der Waals surface area contributed by atoms with Crippen molar-refractivity contribution in [2.75, 3.05) is 14.2 Å². The fourth-order valence-electron chi connectivity index (χ4n) is 7.36. The molecule has 0 heterocycles. The molecule has 5 nitrogen and oxygen atoms in total. The fourth-order valence-corrected chi connectivity index (χ4v) is 7.66. The van der Waals surface area contributed by atoms with E-state index in [1.807, 2.05) is 84.9 Å². The number of nitriles is 1. The number of rotatable bonds is 8. The van der Waals surface area contributed by atoms with Crippen LogP contribution in [0.1, 0.15) is 50.9 Å². The van der Waals surface area contributed by atoms with Crippen molar-refractivity contribution in [2.24, 2.45) is 5.92 Å². The van der Waals surface area contributed by atoms with E-state index in [-0.39, 0.29) is 17.2 Å². The van der Waals surface area contributed by atoms with Gasteiger partial charge in [-0.25, -0.2) is 0 Å². The summed E-state index contributed by atoms with van der Waals surface area (Å²) in [7, 11) is 3.18. The lowest BCUT2D eigenvalue weighted by Gasteiger charge is -2.56. The van der Waals surface area contributed by atoms with Crippen molar-refractivity contribution in [1.29, 1.82) is 5.26 Å². The van der Waals surface area contributed by atoms with Gasteiger partial charge < -0.3 is 14.6 Å². The summed E-state index contributed by atoms with van der Waals surface area (Å²) in [6.07, 6.45) is 0.0625. The first kappa shape index (κ1) is 32.3. The number of methoxy groups -OCH3 is 2. The van der Waals surface area contributed by atoms with Crippen LogP contribution in [0.25, 0.3) is 0 Å². The maximum absolute atomic E-state index is 15.0. The zero-order chi connectivity index (χ0) is 33.2. The Morgan fingerprint density at radius 1 is 0.745 bits per heavy atom. The van der Waals surface area contributed by atoms with Crippen molar-refractivity contribution in [1.82, 2.24) is 0 Å². The summed E-state index contributed by atoms with van der Waals surface area (Å²) in [6.45, 7) is 0. The van der Waals surface area contributed by atoms with Gasteiger partial charge in [0.1, 0.15) is 17.1 Å². The quantitative estimate of drug-likeness (QED) is 0.168. The highest BCUT2D eigenvalue weighted by Crippen LogP contribution is 2.64. The van der Waals surface area contributed by atoms with E-state index in [0.29, 0.717) is 38.8 Å². The lowest BCUT2D eigenvalue weighted by molar-refractivity contribution is -0.0738. The van der Waals surface area contributed by atoms with Crippen LogP contribution in [0, 0.1) is 17.2 Å². The summed E-state index contributed by atoms with van der Waals surface area (Å²) in [6, 6.07) is 41.1. The molecule has 1 N–H and O–H groups in total. The number of nitrogens with zero attached hydrogens (tertiary/aromatic N) is 1. The number of carbonyl (C=O) groups is 1. The predicted octanol–water partition coefficient (Wildman–Crippen LogP) is 9.13. The second kappa shape index (κ2) is 13.3. The summed E-state index contributed by atoms with van der Waals surface area (Å²) >= 11 is 13.1. The van der Waals surface area contributed by atoms with E-state index >= 15 is 4.79 Å². The Kier molecular flexibility index (Phi) is 9.12. The van der Waals surface area contributed by atoms with E-state index in [2.05, 4.69) is 6.07 Å². The Hall–Kier alpha value is -4.60. The molecule has 0 saturated heterocycles. The molecule has 0 radical (unpaired) electrons. The monoisotopic (exact) mass is 661 g/mol. The van der Waals surface area contributed by atoms with Gasteiger partial charge in [0.05, 0.1) is 41.7 Å². The average Bonchev–Trinajstić information content (AvgIpc) is 3.13. The maximum Gasteiger partial charge on any atom is 0.169 e. The Morgan fingerprint density at radius 2 is 1.30 bits per heavy atom. The minimum Gasteiger partial charge on any atom is -0.497 e. The van der Waals surface area contributed by atoms with Crippen LogP contribution >= 0.6 is 23.2 Å². The molecule has 47 heavy (non-hydrogen) atoms. The number of aliphatic hydroxyl groups is 1. The molecule has 1 fully saturated rings. The molecule has 5 atom stereocenters. The molecule has 0 aliphatic heterocycles. The topological polar surface area (TPSA) is 79.6 Å². The summed E-state index contributed by atoms with van der Waals surface area (Å²) in [5.41, 5.74) is 0.0170. The second-order valence-corrected chi connectivity index (χ2v) is 12.7. The molecule has 7 heteroatoms. The van der Waals surface area contributed by atoms with Crippen molar-refractivity contribution in [3.63, 3.8) is 0 Å². The molecule has 0 amide bonds. The number of Topliss-reactive ketones (excluding diaryl/α,β-unsaturated/α-hetero) is 1. The van der Waals surface area contributed by atoms with E-state index in [0.717, 1.165) is 5.56 Å². The van der Waals surface area contributed by atoms with Gasteiger partial charge in [-0.3, -0.25) is 4.79 Å². The summed E-state index contributed by atoms with van der Waals surface area (Å²) in [5.74, 6) is -1.57. The van der Waals surface area contributed by atoms with Gasteiger partial charge in [0.15, 0.2) is 5.78 Å². The maximum atomic E-state index is 15.0. The third kappa shape index (κ3) is 5.68. The Balaban J connectivity index is 1.74. The average molecular weight is 663 g/mol. The van der Waals surface area contributed by atoms with Crippen molar-refractivity contribution in [2.45, 2.75) is 29.3 Å². The molecule has 5 aromatic carbocycles. The number of carbonyl (C=O) groups excluding carboxylic acids is 1. The van der Waals surface area contributed by atoms with Crippen LogP contribution in [0.15, 0.2) is 127 Å². The van der Waals surface area contributed by atoms with E-state index in [9.17, 15) is 10.4 Å². The van der Waals surface area contributed by atoms with Crippen molar-refractivity contribution >= 4 is 29.0 Å². The van der Waals surface area contributed by atoms with Crippen molar-refractivity contribution < 1.29 is 19.4 Å². The molecule has 0 unspecified atom stereocenters. The Bertz CT molecular complexity index is 1910. The molecule has 1 saturated carbocycles. The number of hydrogen-bond acceptors (Lipinski definition) is 5. The number of halogens is 2. The molecule has 0 spiro atoms. The highest BCUT2D eigenvalue weighted by molar-refractivity contribution is 6.42. The molecule has 6 rings (SSSR count). The van der Waals surface area contributed by atoms with Crippen molar-refractivity contribution in [3.05, 3.63) is 165 Å². The van der Waals surface area contributed by atoms with Gasteiger partial charge in [0, 0.05) is 17.4 Å². The predicted molar refractivity (Wildman–Crippen MR) is 184 cm³/mol. The molecule has 0 bridgehead atoms. The molecule has 1 aliphatic rings. The minimum atomic E-state index is -1.69. The highest BCUT2D eigenvalue weighted by atomic mass is 35.5. The lowest BCUT2D eigenvalue weighted by atomic mass is 9.46. The second-order valence-electron chi connectivity index (χ2n) is 11.9. The summed E-state index contributed by atoms with van der Waals surface area (Å²) < 4.78 is 11.0. The van der Waals surface area contributed by atoms with Crippen LogP contribution in [0.2, 0.25) is 10.0 Å². The first-order chi connectivity index (χ1) is 22.8. The van der Waals surface area contributed by atoms with E-state index in [4.69, 9.17) is 32.7 Å². The van der Waals surface area contributed by atoms with Crippen LogP contribution < -0.4 is 9.47 Å². The van der Waals surface area contributed by atoms with Crippen LogP contribution in [-0.4, -0.2) is 25.1 Å². The van der Waals surface area contributed by atoms with Gasteiger partial charge >= 0.3 is 0 Å². The smallest absolute Gasteiger partial charge is 0.169 e. The molecule has 1 aliphatic carbocycles. The third-order valence-electron chi connectivity index (χ3n) is 9.59. The molecule has 0 aromatic heterocycles. The number of ether oxygens (including phenoxy) is 2. The number of benzene rings is 5. The van der Waals surface area contributed by atoms with Gasteiger partial charge in [-0.1, -0.05) is 114 Å². The standard InChI is InChI=1S/C40H33Cl2NO4/c1-46-31-18-13-26(14-19-31)33-24-40(45,29-11-7-4-8-12-29)37(38(44)28-9-5-3-6-10-28)36(27-15-20-32(47-2)21-16-27)39(33,25-43)30-17-22-34(41)35(42)23-30/h3-23,33,36-37,45H,24H2,1-2H3/t33-,36-,37+,39-,40-/m0/s1. The van der Waals surface area contributed by atoms with E-state index in [1.54, 1.807) is 56.7 Å². The summed E-state index contributed by atoms with van der Waals surface area (Å²) in [4.78, 5) is 15.0. The first-order valence-corrected chi connectivity index (χ1v) is 16.0. The van der Waals surface area contributed by atoms with Gasteiger partial charge in [0.2, 0.25) is 0 Å². The van der Waals surface area contributed by atoms with Gasteiger partial charge in [-0.15, -0.1) is 0 Å². The van der Waals surface area contributed by atoms with Crippen LogP contribution in [0.5, 0.6) is 11.5 Å². The number of hydrogen-bond donors (Lipinski definition) is 1. The molecule has 5 aromatic rings. The molecule has 236 valence electrons. The largest absolute Gasteiger partial charge is 0.497 e. The van der Waals surface area contributed by atoms with Crippen LogP contribution in [-0.2, 0) is 11.0 Å². The van der Waals surface area contributed by atoms with Crippen molar-refractivity contribution in [3.8, 4) is 17.6 Å². The minimum absolute atomic E-state index is 0.0625. The molecular formula is C40H33Cl2NO4. The van der Waals surface area contributed by atoms with Gasteiger partial charge in [-0.05, 0) is 65.1 Å². The van der Waals surface area contributed by atoms with Gasteiger partial charge in [0.25, 0.3) is 0 Å². The Labute approximate surface area is 284 Å². The van der Waals surface area contributed by atoms with Crippen LogP contribution in [0.3, 0.4) is 0 Å².